The lowest BCUT2D eigenvalue weighted by Gasteiger charge is -2.32. The van der Waals surface area contributed by atoms with E-state index in [-0.39, 0.29) is 25.6 Å². The fourth-order valence-electron chi connectivity index (χ4n) is 2.71. The van der Waals surface area contributed by atoms with E-state index in [1.54, 1.807) is 31.2 Å². The normalized spacial score (nSPS) is 16.7. The van der Waals surface area contributed by atoms with Crippen LogP contribution in [-0.2, 0) is 9.47 Å². The molecule has 144 valence electrons. The van der Waals surface area contributed by atoms with Crippen molar-refractivity contribution in [1.82, 2.24) is 19.9 Å². The molecule has 1 N–H and O–H groups in total. The number of imide groups is 1. The Kier molecular flexibility index (Phi) is 5.67. The maximum Gasteiger partial charge on any atom is 0.326 e. The van der Waals surface area contributed by atoms with E-state index in [0.29, 0.717) is 17.5 Å². The van der Waals surface area contributed by atoms with Crippen LogP contribution in [0.1, 0.15) is 17.5 Å². The zero-order valence-electron chi connectivity index (χ0n) is 15.0. The predicted molar refractivity (Wildman–Crippen MR) is 94.3 cm³/mol. The molecule has 0 aliphatic carbocycles. The number of benzene rings is 1. The first-order valence-electron chi connectivity index (χ1n) is 8.48. The lowest BCUT2D eigenvalue weighted by molar-refractivity contribution is -0.130. The smallest absolute Gasteiger partial charge is 0.326 e. The quantitative estimate of drug-likeness (QED) is 0.799. The van der Waals surface area contributed by atoms with Crippen LogP contribution in [0, 0.1) is 0 Å². The number of nitrogens with zero attached hydrogens (tertiary/aromatic N) is 3. The molecule has 1 unspecified atom stereocenters. The molecule has 0 saturated carbocycles. The lowest BCUT2D eigenvalue weighted by Crippen LogP contribution is -2.54. The highest BCUT2D eigenvalue weighted by Crippen LogP contribution is 2.14. The topological polar surface area (TPSA) is 112 Å². The van der Waals surface area contributed by atoms with Gasteiger partial charge in [-0.2, -0.15) is 0 Å². The number of fused-ring (bicyclic) bond motifs is 1. The van der Waals surface area contributed by atoms with Gasteiger partial charge in [-0.15, -0.1) is 4.73 Å². The first kappa shape index (κ1) is 18.8. The van der Waals surface area contributed by atoms with Gasteiger partial charge in [0.1, 0.15) is 6.61 Å². The van der Waals surface area contributed by atoms with Gasteiger partial charge in [0.15, 0.2) is 6.23 Å². The molecule has 1 aliphatic rings. The minimum Gasteiger partial charge on any atom is -0.409 e. The number of amides is 3. The molecule has 1 aromatic carbocycles. The first-order valence-corrected chi connectivity index (χ1v) is 8.48. The van der Waals surface area contributed by atoms with Gasteiger partial charge in [-0.05, 0) is 19.1 Å². The summed E-state index contributed by atoms with van der Waals surface area (Å²) in [6.07, 6.45) is -0.940. The van der Waals surface area contributed by atoms with Crippen LogP contribution in [0.2, 0.25) is 0 Å². The second kappa shape index (κ2) is 8.14. The highest BCUT2D eigenvalue weighted by atomic mass is 16.7. The molecule has 27 heavy (non-hydrogen) atoms. The van der Waals surface area contributed by atoms with E-state index in [2.05, 4.69) is 10.3 Å². The average Bonchev–Trinajstić information content (AvgIpc) is 2.70. The second-order valence-corrected chi connectivity index (χ2v) is 5.60. The Morgan fingerprint density at radius 3 is 2.81 bits per heavy atom. The molecule has 2 heterocycles. The largest absolute Gasteiger partial charge is 0.409 e. The van der Waals surface area contributed by atoms with Gasteiger partial charge in [0.25, 0.3) is 5.56 Å². The number of rotatable bonds is 4. The van der Waals surface area contributed by atoms with Crippen molar-refractivity contribution >= 4 is 22.8 Å². The highest BCUT2D eigenvalue weighted by Gasteiger charge is 2.35. The van der Waals surface area contributed by atoms with E-state index in [4.69, 9.17) is 14.3 Å². The van der Waals surface area contributed by atoms with Crippen LogP contribution in [0.25, 0.3) is 10.9 Å². The van der Waals surface area contributed by atoms with Crippen molar-refractivity contribution in [3.8, 4) is 0 Å². The van der Waals surface area contributed by atoms with Crippen LogP contribution >= 0.6 is 0 Å². The van der Waals surface area contributed by atoms with E-state index in [1.165, 1.54) is 7.05 Å². The maximum absolute atomic E-state index is 13.2. The van der Waals surface area contributed by atoms with E-state index >= 15 is 0 Å². The Hall–Kier alpha value is -2.98. The summed E-state index contributed by atoms with van der Waals surface area (Å²) in [5.74, 6) is -1.15. The third-order valence-electron chi connectivity index (χ3n) is 3.92. The molecule has 2 aromatic rings. The predicted octanol–water partition coefficient (Wildman–Crippen LogP) is -0.000500. The van der Waals surface area contributed by atoms with Gasteiger partial charge < -0.3 is 19.6 Å². The number of ether oxygens (including phenoxy) is 2. The summed E-state index contributed by atoms with van der Waals surface area (Å²) in [6.45, 7) is 2.42. The Balaban J connectivity index is 2.12. The second-order valence-electron chi connectivity index (χ2n) is 5.60. The summed E-state index contributed by atoms with van der Waals surface area (Å²) in [5, 5.41) is 2.69. The summed E-state index contributed by atoms with van der Waals surface area (Å²) in [4.78, 5) is 48.7. The van der Waals surface area contributed by atoms with E-state index in [9.17, 15) is 14.4 Å². The number of nitrogens with one attached hydrogen (secondary N) is 1. The third kappa shape index (κ3) is 3.62. The number of urea groups is 1. The molecule has 10 nitrogen and oxygen atoms in total. The third-order valence-corrected chi connectivity index (χ3v) is 3.92. The number of carbonyl (C=O) groups is 2. The average molecular weight is 376 g/mol. The van der Waals surface area contributed by atoms with Crippen molar-refractivity contribution in [2.45, 2.75) is 13.2 Å². The summed E-state index contributed by atoms with van der Waals surface area (Å²) in [7, 11) is 1.38. The Bertz CT molecular complexity index is 906. The Morgan fingerprint density at radius 1 is 1.37 bits per heavy atom. The summed E-state index contributed by atoms with van der Waals surface area (Å²) >= 11 is 0. The van der Waals surface area contributed by atoms with Crippen LogP contribution in [0.4, 0.5) is 4.79 Å². The van der Waals surface area contributed by atoms with Crippen LogP contribution < -0.4 is 15.7 Å². The SMILES string of the molecule is CCOn1c(C(=O)N(C(=O)NC)C2COCCO2)nc2ccccc2c1=O. The van der Waals surface area contributed by atoms with Crippen LogP contribution in [0.15, 0.2) is 29.1 Å². The van der Waals surface area contributed by atoms with Gasteiger partial charge in [-0.1, -0.05) is 12.1 Å². The fraction of sp³-hybridized carbons (Fsp3) is 0.412. The molecule has 3 amide bonds. The van der Waals surface area contributed by atoms with Gasteiger partial charge in [-0.3, -0.25) is 9.59 Å². The number of carbonyl (C=O) groups excluding carboxylic acids is 2. The molecular weight excluding hydrogens is 356 g/mol. The van der Waals surface area contributed by atoms with Crippen LogP contribution in [0.5, 0.6) is 0 Å². The fourth-order valence-corrected chi connectivity index (χ4v) is 2.71. The number of hydrogen-bond acceptors (Lipinski definition) is 7. The molecule has 0 spiro atoms. The molecule has 0 bridgehead atoms. The summed E-state index contributed by atoms with van der Waals surface area (Å²) in [5.41, 5.74) is -0.219. The number of hydrogen-bond donors (Lipinski definition) is 1. The van der Waals surface area contributed by atoms with E-state index in [1.807, 2.05) is 0 Å². The van der Waals surface area contributed by atoms with Crippen molar-refractivity contribution in [1.29, 1.82) is 0 Å². The molecule has 1 saturated heterocycles. The Labute approximate surface area is 154 Å². The zero-order chi connectivity index (χ0) is 19.4. The van der Waals surface area contributed by atoms with Crippen LogP contribution in [-0.4, -0.2) is 66.3 Å². The van der Waals surface area contributed by atoms with Gasteiger partial charge in [0.2, 0.25) is 5.82 Å². The van der Waals surface area contributed by atoms with Crippen molar-refractivity contribution in [3.63, 3.8) is 0 Å². The monoisotopic (exact) mass is 376 g/mol. The Morgan fingerprint density at radius 2 is 2.15 bits per heavy atom. The number of aromatic nitrogens is 2. The van der Waals surface area contributed by atoms with Crippen molar-refractivity contribution in [2.24, 2.45) is 0 Å². The minimum atomic E-state index is -0.940. The number of para-hydroxylation sites is 1. The van der Waals surface area contributed by atoms with Gasteiger partial charge in [-0.25, -0.2) is 14.7 Å². The molecule has 0 radical (unpaired) electrons. The van der Waals surface area contributed by atoms with Crippen LogP contribution in [0.3, 0.4) is 0 Å². The standard InChI is InChI=1S/C17H20N4O6/c1-3-27-21-14(19-12-7-5-4-6-11(12)15(21)22)16(23)20(17(24)18-2)13-10-25-8-9-26-13/h4-7,13H,3,8-10H2,1-2H3,(H,18,24). The summed E-state index contributed by atoms with van der Waals surface area (Å²) in [6, 6.07) is 5.87. The van der Waals surface area contributed by atoms with Gasteiger partial charge in [0.05, 0.1) is 30.7 Å². The van der Waals surface area contributed by atoms with Gasteiger partial charge >= 0.3 is 11.9 Å². The molecule has 1 aliphatic heterocycles. The molecule has 10 heteroatoms. The maximum atomic E-state index is 13.2. The molecule has 1 aromatic heterocycles. The molecule has 1 atom stereocenters. The molecule has 3 rings (SSSR count). The molecule has 1 fully saturated rings. The van der Waals surface area contributed by atoms with Crippen molar-refractivity contribution < 1.29 is 23.9 Å². The first-order chi connectivity index (χ1) is 13.1. The zero-order valence-corrected chi connectivity index (χ0v) is 15.0. The highest BCUT2D eigenvalue weighted by molar-refractivity contribution is 6.03. The minimum absolute atomic E-state index is 0.0195. The lowest BCUT2D eigenvalue weighted by atomic mass is 10.2. The van der Waals surface area contributed by atoms with Gasteiger partial charge in [0, 0.05) is 7.05 Å². The van der Waals surface area contributed by atoms with E-state index in [0.717, 1.165) is 9.63 Å². The summed E-state index contributed by atoms with van der Waals surface area (Å²) < 4.78 is 11.6. The van der Waals surface area contributed by atoms with Crippen molar-refractivity contribution in [3.05, 3.63) is 40.4 Å². The van der Waals surface area contributed by atoms with E-state index < -0.39 is 23.7 Å². The van der Waals surface area contributed by atoms with Crippen molar-refractivity contribution in [2.75, 3.05) is 33.5 Å². The molecular formula is C17H20N4O6.